The average molecular weight is 225 g/mol. The lowest BCUT2D eigenvalue weighted by Gasteiger charge is -2.23. The van der Waals surface area contributed by atoms with E-state index < -0.39 is 0 Å². The first kappa shape index (κ1) is 11.1. The summed E-state index contributed by atoms with van der Waals surface area (Å²) in [5.41, 5.74) is 1.30. The summed E-state index contributed by atoms with van der Waals surface area (Å²) in [6, 6.07) is 0. The number of aliphatic hydroxyl groups excluding tert-OH is 1. The second kappa shape index (κ2) is 5.08. The molecule has 0 spiro atoms. The quantitative estimate of drug-likeness (QED) is 0.835. The summed E-state index contributed by atoms with van der Waals surface area (Å²) < 4.78 is 0. The van der Waals surface area contributed by atoms with E-state index >= 15 is 0 Å². The van der Waals surface area contributed by atoms with Crippen molar-refractivity contribution in [3.05, 3.63) is 16.1 Å². The van der Waals surface area contributed by atoms with Gasteiger partial charge < -0.3 is 5.11 Å². The summed E-state index contributed by atoms with van der Waals surface area (Å²) in [7, 11) is 0. The molecule has 1 N–H and O–H groups in total. The van der Waals surface area contributed by atoms with Crippen LogP contribution in [0.2, 0.25) is 0 Å². The molecule has 0 amide bonds. The Morgan fingerprint density at radius 2 is 2.40 bits per heavy atom. The van der Waals surface area contributed by atoms with E-state index in [-0.39, 0.29) is 6.61 Å². The van der Waals surface area contributed by atoms with E-state index in [1.165, 1.54) is 30.0 Å². The smallest absolute Gasteiger partial charge is 0.0932 e. The summed E-state index contributed by atoms with van der Waals surface area (Å²) in [4.78, 5) is 4.68. The molecular weight excluding hydrogens is 206 g/mol. The number of aliphatic hydroxyl groups is 1. The molecule has 1 aromatic heterocycles. The van der Waals surface area contributed by atoms with Gasteiger partial charge in [-0.05, 0) is 18.8 Å². The van der Waals surface area contributed by atoms with Gasteiger partial charge in [0.15, 0.2) is 0 Å². The molecular formula is C12H19NOS. The lowest BCUT2D eigenvalue weighted by atomic mass is 9.83. The maximum absolute atomic E-state index is 9.14. The van der Waals surface area contributed by atoms with Crippen molar-refractivity contribution in [3.8, 4) is 0 Å². The summed E-state index contributed by atoms with van der Waals surface area (Å²) in [5.74, 6) is 1.13. The van der Waals surface area contributed by atoms with Gasteiger partial charge in [-0.15, -0.1) is 11.3 Å². The molecule has 1 aromatic rings. The predicted octanol–water partition coefficient (Wildman–Crippen LogP) is 2.97. The highest BCUT2D eigenvalue weighted by Gasteiger charge is 2.22. The molecule has 2 rings (SSSR count). The number of hydrogen-bond acceptors (Lipinski definition) is 3. The van der Waals surface area contributed by atoms with Gasteiger partial charge in [-0.1, -0.05) is 19.8 Å². The van der Waals surface area contributed by atoms with E-state index in [1.54, 1.807) is 11.3 Å². The SMILES string of the molecule is CCC(CO)Cc1nc(C2CCC2)cs1. The van der Waals surface area contributed by atoms with Gasteiger partial charge in [0, 0.05) is 24.3 Å². The fraction of sp³-hybridized carbons (Fsp3) is 0.750. The van der Waals surface area contributed by atoms with E-state index in [2.05, 4.69) is 17.3 Å². The zero-order chi connectivity index (χ0) is 10.7. The molecule has 15 heavy (non-hydrogen) atoms. The maximum Gasteiger partial charge on any atom is 0.0932 e. The van der Waals surface area contributed by atoms with Crippen molar-refractivity contribution in [3.63, 3.8) is 0 Å². The fourth-order valence-corrected chi connectivity index (χ4v) is 2.89. The summed E-state index contributed by atoms with van der Waals surface area (Å²) >= 11 is 1.76. The van der Waals surface area contributed by atoms with E-state index in [0.29, 0.717) is 5.92 Å². The van der Waals surface area contributed by atoms with Crippen LogP contribution in [0.4, 0.5) is 0 Å². The van der Waals surface area contributed by atoms with Crippen LogP contribution in [0.5, 0.6) is 0 Å². The number of nitrogens with zero attached hydrogens (tertiary/aromatic N) is 1. The van der Waals surface area contributed by atoms with Gasteiger partial charge in [0.1, 0.15) is 0 Å². The Balaban J connectivity index is 1.94. The van der Waals surface area contributed by atoms with Crippen molar-refractivity contribution < 1.29 is 5.11 Å². The monoisotopic (exact) mass is 225 g/mol. The van der Waals surface area contributed by atoms with Gasteiger partial charge in [0.2, 0.25) is 0 Å². The first-order valence-corrected chi connectivity index (χ1v) is 6.76. The van der Waals surface area contributed by atoms with Crippen LogP contribution in [0.3, 0.4) is 0 Å². The molecule has 0 bridgehead atoms. The highest BCUT2D eigenvalue weighted by molar-refractivity contribution is 7.09. The number of rotatable bonds is 5. The van der Waals surface area contributed by atoms with Crippen molar-refractivity contribution in [2.24, 2.45) is 5.92 Å². The molecule has 0 aromatic carbocycles. The Morgan fingerprint density at radius 1 is 1.60 bits per heavy atom. The van der Waals surface area contributed by atoms with Crippen LogP contribution in [-0.2, 0) is 6.42 Å². The van der Waals surface area contributed by atoms with Crippen molar-refractivity contribution in [2.45, 2.75) is 44.9 Å². The minimum absolute atomic E-state index is 0.287. The molecule has 0 saturated heterocycles. The summed E-state index contributed by atoms with van der Waals surface area (Å²) in [6.45, 7) is 2.41. The van der Waals surface area contributed by atoms with E-state index in [1.807, 2.05) is 0 Å². The van der Waals surface area contributed by atoms with Gasteiger partial charge in [-0.3, -0.25) is 0 Å². The van der Waals surface area contributed by atoms with Crippen LogP contribution in [0.1, 0.15) is 49.2 Å². The molecule has 0 radical (unpaired) electrons. The van der Waals surface area contributed by atoms with Gasteiger partial charge in [0.25, 0.3) is 0 Å². The minimum atomic E-state index is 0.287. The van der Waals surface area contributed by atoms with Gasteiger partial charge in [0.05, 0.1) is 10.7 Å². The van der Waals surface area contributed by atoms with Crippen molar-refractivity contribution >= 4 is 11.3 Å². The number of hydrogen-bond donors (Lipinski definition) is 1. The Morgan fingerprint density at radius 3 is 2.93 bits per heavy atom. The molecule has 1 aliphatic rings. The molecule has 0 aliphatic heterocycles. The normalized spacial score (nSPS) is 18.8. The minimum Gasteiger partial charge on any atom is -0.396 e. The third-order valence-electron chi connectivity index (χ3n) is 3.39. The Labute approximate surface area is 95.4 Å². The molecule has 1 heterocycles. The van der Waals surface area contributed by atoms with Gasteiger partial charge in [-0.2, -0.15) is 0 Å². The highest BCUT2D eigenvalue weighted by Crippen LogP contribution is 2.36. The summed E-state index contributed by atoms with van der Waals surface area (Å²) in [5, 5.41) is 12.6. The maximum atomic E-state index is 9.14. The lowest BCUT2D eigenvalue weighted by molar-refractivity contribution is 0.222. The zero-order valence-corrected chi connectivity index (χ0v) is 10.1. The largest absolute Gasteiger partial charge is 0.396 e. The molecule has 1 atom stereocenters. The van der Waals surface area contributed by atoms with Crippen LogP contribution >= 0.6 is 11.3 Å². The number of thiazole rings is 1. The molecule has 3 heteroatoms. The Kier molecular flexibility index (Phi) is 3.76. The zero-order valence-electron chi connectivity index (χ0n) is 9.28. The van der Waals surface area contributed by atoms with Crippen molar-refractivity contribution in [1.82, 2.24) is 4.98 Å². The predicted molar refractivity (Wildman–Crippen MR) is 63.3 cm³/mol. The highest BCUT2D eigenvalue weighted by atomic mass is 32.1. The molecule has 1 aliphatic carbocycles. The van der Waals surface area contributed by atoms with Crippen LogP contribution in [-0.4, -0.2) is 16.7 Å². The van der Waals surface area contributed by atoms with E-state index in [4.69, 9.17) is 5.11 Å². The molecule has 1 saturated carbocycles. The Hall–Kier alpha value is -0.410. The standard InChI is InChI=1S/C12H19NOS/c1-2-9(7-14)6-12-13-11(8-15-12)10-4-3-5-10/h8-10,14H,2-7H2,1H3. The molecule has 1 fully saturated rings. The van der Waals surface area contributed by atoms with E-state index in [0.717, 1.165) is 18.8 Å². The van der Waals surface area contributed by atoms with E-state index in [9.17, 15) is 0 Å². The van der Waals surface area contributed by atoms with Gasteiger partial charge >= 0.3 is 0 Å². The second-order valence-electron chi connectivity index (χ2n) is 4.45. The van der Waals surface area contributed by atoms with Crippen molar-refractivity contribution in [1.29, 1.82) is 0 Å². The van der Waals surface area contributed by atoms with Crippen LogP contribution in [0.25, 0.3) is 0 Å². The van der Waals surface area contributed by atoms with Gasteiger partial charge in [-0.25, -0.2) is 4.98 Å². The third-order valence-corrected chi connectivity index (χ3v) is 4.28. The van der Waals surface area contributed by atoms with Crippen LogP contribution in [0.15, 0.2) is 5.38 Å². The van der Waals surface area contributed by atoms with Crippen LogP contribution in [0, 0.1) is 5.92 Å². The average Bonchev–Trinajstić information content (AvgIpc) is 2.60. The molecule has 2 nitrogen and oxygen atoms in total. The Bertz CT molecular complexity index is 302. The first-order valence-electron chi connectivity index (χ1n) is 5.88. The first-order chi connectivity index (χ1) is 7.33. The fourth-order valence-electron chi connectivity index (χ4n) is 1.90. The molecule has 1 unspecified atom stereocenters. The van der Waals surface area contributed by atoms with Crippen molar-refractivity contribution in [2.75, 3.05) is 6.61 Å². The second-order valence-corrected chi connectivity index (χ2v) is 5.40. The van der Waals surface area contributed by atoms with Crippen LogP contribution < -0.4 is 0 Å². The number of aromatic nitrogens is 1. The summed E-state index contributed by atoms with van der Waals surface area (Å²) in [6.07, 6.45) is 5.99. The topological polar surface area (TPSA) is 33.1 Å². The lowest BCUT2D eigenvalue weighted by Crippen LogP contribution is -2.10. The molecule has 84 valence electrons. The third kappa shape index (κ3) is 2.58.